The fourth-order valence-electron chi connectivity index (χ4n) is 3.04. The van der Waals surface area contributed by atoms with E-state index in [1.54, 1.807) is 14.2 Å². The van der Waals surface area contributed by atoms with Crippen molar-refractivity contribution in [3.05, 3.63) is 23.8 Å². The van der Waals surface area contributed by atoms with Crippen LogP contribution in [0.25, 0.3) is 5.57 Å². The van der Waals surface area contributed by atoms with E-state index in [9.17, 15) is 4.21 Å². The Morgan fingerprint density at radius 2 is 2.10 bits per heavy atom. The average molecular weight is 293 g/mol. The summed E-state index contributed by atoms with van der Waals surface area (Å²) >= 11 is 0. The summed E-state index contributed by atoms with van der Waals surface area (Å²) in [5.74, 6) is 1.13. The molecular weight excluding hydrogens is 274 g/mol. The molecule has 2 aliphatic heterocycles. The second kappa shape index (κ2) is 5.56. The number of pyridine rings is 1. The molecule has 2 bridgehead atoms. The van der Waals surface area contributed by atoms with Crippen molar-refractivity contribution in [2.45, 2.75) is 36.2 Å². The van der Waals surface area contributed by atoms with Crippen LogP contribution in [-0.4, -0.2) is 33.9 Å². The zero-order chi connectivity index (χ0) is 14.1. The second-order valence-electron chi connectivity index (χ2n) is 5.23. The van der Waals surface area contributed by atoms with E-state index in [0.717, 1.165) is 24.8 Å². The smallest absolute Gasteiger partial charge is 0.224 e. The van der Waals surface area contributed by atoms with Gasteiger partial charge in [-0.2, -0.15) is 4.98 Å². The first-order valence-corrected chi connectivity index (χ1v) is 8.20. The van der Waals surface area contributed by atoms with Gasteiger partial charge in [-0.15, -0.1) is 0 Å². The molecule has 0 N–H and O–H groups in total. The molecule has 1 aromatic rings. The van der Waals surface area contributed by atoms with Gasteiger partial charge in [0.05, 0.1) is 19.5 Å². The van der Waals surface area contributed by atoms with Crippen LogP contribution in [0.2, 0.25) is 0 Å². The summed E-state index contributed by atoms with van der Waals surface area (Å²) in [5.41, 5.74) is 2.22. The summed E-state index contributed by atoms with van der Waals surface area (Å²) in [6, 6.07) is 3.83. The maximum atomic E-state index is 12.2. The van der Waals surface area contributed by atoms with Crippen molar-refractivity contribution >= 4 is 16.4 Å². The molecule has 0 saturated carbocycles. The molecule has 3 atom stereocenters. The Morgan fingerprint density at radius 3 is 2.80 bits per heavy atom. The average Bonchev–Trinajstić information content (AvgIpc) is 2.46. The monoisotopic (exact) mass is 293 g/mol. The fraction of sp³-hybridized carbons (Fsp3) is 0.533. The molecule has 5 heteroatoms. The topological polar surface area (TPSA) is 48.4 Å². The maximum absolute atomic E-state index is 12.2. The normalized spacial score (nSPS) is 28.7. The van der Waals surface area contributed by atoms with Crippen LogP contribution in [0.3, 0.4) is 0 Å². The van der Waals surface area contributed by atoms with E-state index < -0.39 is 10.8 Å². The predicted molar refractivity (Wildman–Crippen MR) is 79.5 cm³/mol. The van der Waals surface area contributed by atoms with E-state index in [-0.39, 0.29) is 5.25 Å². The first-order valence-electron chi connectivity index (χ1n) is 6.92. The summed E-state index contributed by atoms with van der Waals surface area (Å²) in [6.45, 7) is 0. The first kappa shape index (κ1) is 13.6. The molecule has 0 radical (unpaired) electrons. The molecular formula is C15H19NO3S. The number of hydrogen-bond donors (Lipinski definition) is 0. The van der Waals surface area contributed by atoms with Gasteiger partial charge in [0.15, 0.2) is 0 Å². The standard InChI is InChI=1S/C15H19NO3S/c1-18-14-7-6-13(15(16-14)19-2)10-8-11-4-3-5-12(9-10)20(11)17/h6-8,11-12H,3-5,9H2,1-2H3. The van der Waals surface area contributed by atoms with Gasteiger partial charge in [-0.25, -0.2) is 0 Å². The number of nitrogens with zero attached hydrogens (tertiary/aromatic N) is 1. The lowest BCUT2D eigenvalue weighted by molar-refractivity contribution is 0.363. The molecule has 0 aliphatic carbocycles. The van der Waals surface area contributed by atoms with E-state index in [2.05, 4.69) is 11.1 Å². The molecule has 20 heavy (non-hydrogen) atoms. The first-order chi connectivity index (χ1) is 9.72. The van der Waals surface area contributed by atoms with Gasteiger partial charge < -0.3 is 9.47 Å². The van der Waals surface area contributed by atoms with Crippen LogP contribution in [0.15, 0.2) is 18.2 Å². The lowest BCUT2D eigenvalue weighted by Crippen LogP contribution is -2.33. The SMILES string of the molecule is COc1ccc(C2=CC3CCCC(C2)S3=O)c(OC)n1. The molecule has 3 unspecified atom stereocenters. The number of ether oxygens (including phenoxy) is 2. The Bertz CT molecular complexity index is 570. The van der Waals surface area contributed by atoms with Gasteiger partial charge in [0.1, 0.15) is 0 Å². The summed E-state index contributed by atoms with van der Waals surface area (Å²) < 4.78 is 22.8. The van der Waals surface area contributed by atoms with Crippen LogP contribution in [0, 0.1) is 0 Å². The molecule has 0 aromatic carbocycles. The third-order valence-corrected chi connectivity index (χ3v) is 6.09. The third kappa shape index (κ3) is 2.35. The van der Waals surface area contributed by atoms with Crippen LogP contribution >= 0.6 is 0 Å². The van der Waals surface area contributed by atoms with Crippen molar-refractivity contribution in [2.24, 2.45) is 0 Å². The molecule has 3 rings (SSSR count). The van der Waals surface area contributed by atoms with E-state index in [4.69, 9.17) is 9.47 Å². The molecule has 1 fully saturated rings. The lowest BCUT2D eigenvalue weighted by Gasteiger charge is -2.33. The highest BCUT2D eigenvalue weighted by atomic mass is 32.2. The van der Waals surface area contributed by atoms with E-state index in [0.29, 0.717) is 17.0 Å². The van der Waals surface area contributed by atoms with Crippen molar-refractivity contribution in [3.63, 3.8) is 0 Å². The van der Waals surface area contributed by atoms with Crippen LogP contribution in [-0.2, 0) is 10.8 Å². The molecule has 4 nitrogen and oxygen atoms in total. The van der Waals surface area contributed by atoms with E-state index in [1.165, 1.54) is 12.0 Å². The number of aromatic nitrogens is 1. The van der Waals surface area contributed by atoms with Gasteiger partial charge in [0, 0.05) is 27.7 Å². The van der Waals surface area contributed by atoms with Gasteiger partial charge >= 0.3 is 0 Å². The number of rotatable bonds is 3. The third-order valence-electron chi connectivity index (χ3n) is 4.06. The summed E-state index contributed by atoms with van der Waals surface area (Å²) in [7, 11) is 2.50. The zero-order valence-electron chi connectivity index (χ0n) is 11.8. The predicted octanol–water partition coefficient (Wildman–Crippen LogP) is 2.56. The van der Waals surface area contributed by atoms with Gasteiger partial charge in [0.25, 0.3) is 0 Å². The summed E-state index contributed by atoms with van der Waals surface area (Å²) in [4.78, 5) is 4.34. The highest BCUT2D eigenvalue weighted by molar-refractivity contribution is 7.86. The second-order valence-corrected chi connectivity index (χ2v) is 7.16. The van der Waals surface area contributed by atoms with Crippen molar-refractivity contribution in [1.29, 1.82) is 0 Å². The highest BCUT2D eigenvalue weighted by Gasteiger charge is 2.34. The quantitative estimate of drug-likeness (QED) is 0.859. The Morgan fingerprint density at radius 1 is 1.25 bits per heavy atom. The Kier molecular flexibility index (Phi) is 3.78. The molecule has 0 spiro atoms. The molecule has 3 heterocycles. The number of hydrogen-bond acceptors (Lipinski definition) is 4. The zero-order valence-corrected chi connectivity index (χ0v) is 12.6. The molecule has 108 valence electrons. The van der Waals surface area contributed by atoms with Gasteiger partial charge in [-0.05, 0) is 30.9 Å². The van der Waals surface area contributed by atoms with Gasteiger partial charge in [0.2, 0.25) is 11.8 Å². The minimum absolute atomic E-state index is 0.198. The highest BCUT2D eigenvalue weighted by Crippen LogP contribution is 2.39. The maximum Gasteiger partial charge on any atom is 0.224 e. The van der Waals surface area contributed by atoms with Crippen molar-refractivity contribution in [1.82, 2.24) is 4.98 Å². The van der Waals surface area contributed by atoms with Crippen LogP contribution < -0.4 is 9.47 Å². The molecule has 2 aliphatic rings. The van der Waals surface area contributed by atoms with E-state index in [1.807, 2.05) is 12.1 Å². The number of fused-ring (bicyclic) bond motifs is 2. The number of allylic oxidation sites excluding steroid dienone is 1. The Labute approximate surface area is 121 Å². The van der Waals surface area contributed by atoms with Crippen LogP contribution in [0.4, 0.5) is 0 Å². The lowest BCUT2D eigenvalue weighted by atomic mass is 9.94. The molecule has 1 aromatic heterocycles. The summed E-state index contributed by atoms with van der Waals surface area (Å²) in [6.07, 6.45) is 6.29. The fourth-order valence-corrected chi connectivity index (χ4v) is 4.97. The Hall–Kier alpha value is -1.36. The van der Waals surface area contributed by atoms with Crippen LogP contribution in [0.5, 0.6) is 11.8 Å². The van der Waals surface area contributed by atoms with Crippen LogP contribution in [0.1, 0.15) is 31.2 Å². The molecule has 1 saturated heterocycles. The number of methoxy groups -OCH3 is 2. The molecule has 0 amide bonds. The Balaban J connectivity index is 1.99. The largest absolute Gasteiger partial charge is 0.481 e. The minimum atomic E-state index is -0.707. The van der Waals surface area contributed by atoms with Gasteiger partial charge in [-0.3, -0.25) is 4.21 Å². The summed E-state index contributed by atoms with van der Waals surface area (Å²) in [5, 5.41) is 0.491. The van der Waals surface area contributed by atoms with Crippen molar-refractivity contribution in [2.75, 3.05) is 14.2 Å². The van der Waals surface area contributed by atoms with Crippen molar-refractivity contribution < 1.29 is 13.7 Å². The minimum Gasteiger partial charge on any atom is -0.481 e. The van der Waals surface area contributed by atoms with E-state index >= 15 is 0 Å². The van der Waals surface area contributed by atoms with Crippen molar-refractivity contribution in [3.8, 4) is 11.8 Å². The van der Waals surface area contributed by atoms with Gasteiger partial charge in [-0.1, -0.05) is 12.5 Å².